The van der Waals surface area contributed by atoms with E-state index in [2.05, 4.69) is 84.9 Å². The van der Waals surface area contributed by atoms with Crippen LogP contribution >= 0.6 is 0 Å². The van der Waals surface area contributed by atoms with Gasteiger partial charge in [0.1, 0.15) is 5.52 Å². The molecule has 7 aromatic carbocycles. The molecule has 5 nitrogen and oxygen atoms in total. The van der Waals surface area contributed by atoms with Gasteiger partial charge in [-0.15, -0.1) is 0 Å². The molecule has 220 valence electrons. The van der Waals surface area contributed by atoms with E-state index in [0.29, 0.717) is 23.4 Å². The molecule has 0 bridgehead atoms. The van der Waals surface area contributed by atoms with E-state index in [9.17, 15) is 0 Å². The first-order chi connectivity index (χ1) is 23.3. The lowest BCUT2D eigenvalue weighted by molar-refractivity contribution is 0.620. The maximum Gasteiger partial charge on any atom is 0.227 e. The van der Waals surface area contributed by atoms with Gasteiger partial charge >= 0.3 is 0 Å². The fraction of sp³-hybridized carbons (Fsp3) is 0. The zero-order valence-electron chi connectivity index (χ0n) is 25.2. The van der Waals surface area contributed by atoms with Gasteiger partial charge in [-0.25, -0.2) is 19.9 Å². The van der Waals surface area contributed by atoms with Crippen LogP contribution in [0, 0.1) is 0 Å². The summed E-state index contributed by atoms with van der Waals surface area (Å²) in [4.78, 5) is 19.9. The van der Waals surface area contributed by atoms with E-state index >= 15 is 0 Å². The Bertz CT molecular complexity index is 2540. The Morgan fingerprint density at radius 1 is 0.362 bits per heavy atom. The monoisotopic (exact) mass is 602 g/mol. The molecule has 0 spiro atoms. The van der Waals surface area contributed by atoms with Crippen molar-refractivity contribution in [3.63, 3.8) is 0 Å². The van der Waals surface area contributed by atoms with Gasteiger partial charge in [0.15, 0.2) is 23.1 Å². The van der Waals surface area contributed by atoms with Crippen LogP contribution in [0.25, 0.3) is 89.4 Å². The number of nitrogens with zero attached hydrogens (tertiary/aromatic N) is 4. The molecule has 5 heteroatoms. The van der Waals surface area contributed by atoms with Crippen molar-refractivity contribution in [2.45, 2.75) is 0 Å². The highest BCUT2D eigenvalue weighted by molar-refractivity contribution is 6.18. The Labute approximate surface area is 270 Å². The van der Waals surface area contributed by atoms with E-state index in [0.717, 1.165) is 60.5 Å². The lowest BCUT2D eigenvalue weighted by Gasteiger charge is -2.10. The highest BCUT2D eigenvalue weighted by atomic mass is 16.3. The summed E-state index contributed by atoms with van der Waals surface area (Å²) in [6.07, 6.45) is 0. The number of hydrogen-bond donors (Lipinski definition) is 0. The van der Waals surface area contributed by atoms with Crippen LogP contribution in [-0.4, -0.2) is 19.9 Å². The van der Waals surface area contributed by atoms with Gasteiger partial charge in [0.2, 0.25) is 5.89 Å². The lowest BCUT2D eigenvalue weighted by atomic mass is 9.99. The van der Waals surface area contributed by atoms with Gasteiger partial charge in [0.05, 0.1) is 0 Å². The number of oxazole rings is 1. The lowest BCUT2D eigenvalue weighted by Crippen LogP contribution is -2.00. The molecular weight excluding hydrogens is 576 g/mol. The second kappa shape index (κ2) is 11.2. The van der Waals surface area contributed by atoms with Crippen LogP contribution in [0.1, 0.15) is 0 Å². The minimum atomic E-state index is 0.615. The predicted octanol–water partition coefficient (Wildman–Crippen LogP) is 10.7. The Morgan fingerprint density at radius 2 is 0.851 bits per heavy atom. The molecule has 0 atom stereocenters. The summed E-state index contributed by atoms with van der Waals surface area (Å²) in [7, 11) is 0. The first-order valence-corrected chi connectivity index (χ1v) is 15.6. The maximum absolute atomic E-state index is 6.21. The van der Waals surface area contributed by atoms with Crippen LogP contribution in [0.4, 0.5) is 0 Å². The number of fused-ring (bicyclic) bond motifs is 5. The molecule has 0 amide bonds. The first-order valence-electron chi connectivity index (χ1n) is 15.6. The third-order valence-electron chi connectivity index (χ3n) is 8.55. The van der Waals surface area contributed by atoms with Crippen LogP contribution in [0.2, 0.25) is 0 Å². The second-order valence-electron chi connectivity index (χ2n) is 11.5. The summed E-state index contributed by atoms with van der Waals surface area (Å²) in [5.74, 6) is 2.50. The second-order valence-corrected chi connectivity index (χ2v) is 11.5. The fourth-order valence-electron chi connectivity index (χ4n) is 6.18. The van der Waals surface area contributed by atoms with Crippen LogP contribution < -0.4 is 0 Å². The van der Waals surface area contributed by atoms with E-state index in [-0.39, 0.29) is 0 Å². The Hall–Kier alpha value is -6.46. The van der Waals surface area contributed by atoms with Crippen LogP contribution in [0.3, 0.4) is 0 Å². The van der Waals surface area contributed by atoms with E-state index in [1.807, 2.05) is 72.8 Å². The summed E-state index contributed by atoms with van der Waals surface area (Å²) in [5, 5.41) is 4.34. The number of benzene rings is 7. The third-order valence-corrected chi connectivity index (χ3v) is 8.55. The van der Waals surface area contributed by atoms with Gasteiger partial charge in [-0.3, -0.25) is 0 Å². The average Bonchev–Trinajstić information content (AvgIpc) is 3.60. The van der Waals surface area contributed by atoms with E-state index in [4.69, 9.17) is 24.4 Å². The smallest absolute Gasteiger partial charge is 0.227 e. The van der Waals surface area contributed by atoms with Crippen molar-refractivity contribution in [1.82, 2.24) is 19.9 Å². The van der Waals surface area contributed by atoms with Crippen molar-refractivity contribution in [2.75, 3.05) is 0 Å². The molecular formula is C42H26N4O. The molecule has 9 aromatic rings. The SMILES string of the molecule is c1ccc(-c2ccc(-c3nc(-c4ccccc4)nc(-c4ccc5c(ccc6ccc7oc(-c8ccccc8)nc7c65)c4)n3)cc2)cc1. The van der Waals surface area contributed by atoms with Crippen molar-refractivity contribution in [2.24, 2.45) is 0 Å². The number of rotatable bonds is 5. The van der Waals surface area contributed by atoms with E-state index in [1.54, 1.807) is 0 Å². The highest BCUT2D eigenvalue weighted by Gasteiger charge is 2.16. The van der Waals surface area contributed by atoms with Crippen molar-refractivity contribution in [3.05, 3.63) is 158 Å². The summed E-state index contributed by atoms with van der Waals surface area (Å²) < 4.78 is 6.21. The van der Waals surface area contributed by atoms with Gasteiger partial charge in [-0.05, 0) is 51.6 Å². The predicted molar refractivity (Wildman–Crippen MR) is 190 cm³/mol. The minimum absolute atomic E-state index is 0.615. The van der Waals surface area contributed by atoms with Crippen LogP contribution in [0.15, 0.2) is 162 Å². The molecule has 0 radical (unpaired) electrons. The molecule has 0 fully saturated rings. The van der Waals surface area contributed by atoms with Crippen LogP contribution in [-0.2, 0) is 0 Å². The summed E-state index contributed by atoms with van der Waals surface area (Å²) >= 11 is 0. The van der Waals surface area contributed by atoms with Crippen LogP contribution in [0.5, 0.6) is 0 Å². The number of hydrogen-bond acceptors (Lipinski definition) is 5. The third kappa shape index (κ3) is 4.91. The first kappa shape index (κ1) is 26.9. The van der Waals surface area contributed by atoms with Gasteiger partial charge in [0.25, 0.3) is 0 Å². The molecule has 0 saturated carbocycles. The maximum atomic E-state index is 6.21. The van der Waals surface area contributed by atoms with Gasteiger partial charge in [-0.1, -0.05) is 133 Å². The number of aromatic nitrogens is 4. The van der Waals surface area contributed by atoms with E-state index < -0.39 is 0 Å². The van der Waals surface area contributed by atoms with Gasteiger partial charge in [0, 0.05) is 27.6 Å². The average molecular weight is 603 g/mol. The molecule has 0 aliphatic rings. The fourth-order valence-corrected chi connectivity index (χ4v) is 6.18. The van der Waals surface area contributed by atoms with Crippen molar-refractivity contribution in [3.8, 4) is 56.7 Å². The quantitative estimate of drug-likeness (QED) is 0.183. The van der Waals surface area contributed by atoms with Crippen molar-refractivity contribution < 1.29 is 4.42 Å². The largest absolute Gasteiger partial charge is 0.436 e. The molecule has 0 unspecified atom stereocenters. The van der Waals surface area contributed by atoms with Gasteiger partial charge < -0.3 is 4.42 Å². The van der Waals surface area contributed by atoms with E-state index in [1.165, 1.54) is 5.56 Å². The topological polar surface area (TPSA) is 64.7 Å². The summed E-state index contributed by atoms with van der Waals surface area (Å²) in [6.45, 7) is 0. The van der Waals surface area contributed by atoms with Crippen molar-refractivity contribution in [1.29, 1.82) is 0 Å². The van der Waals surface area contributed by atoms with Gasteiger partial charge in [-0.2, -0.15) is 0 Å². The molecule has 0 aliphatic heterocycles. The molecule has 2 aromatic heterocycles. The molecule has 0 aliphatic carbocycles. The molecule has 0 N–H and O–H groups in total. The summed E-state index contributed by atoms with van der Waals surface area (Å²) in [5.41, 5.74) is 7.67. The Morgan fingerprint density at radius 3 is 1.53 bits per heavy atom. The highest BCUT2D eigenvalue weighted by Crippen LogP contribution is 2.36. The normalized spacial score (nSPS) is 11.4. The molecule has 47 heavy (non-hydrogen) atoms. The standard InChI is InChI=1S/C42H26N4O/c1-4-10-27(11-5-1)28-16-19-31(20-17-28)40-44-39(30-12-6-2-7-13-30)45-41(46-40)34-22-24-35-33(26-34)21-18-29-23-25-36-38(37(29)35)43-42(47-36)32-14-8-3-9-15-32/h1-26H. The Balaban J connectivity index is 1.17. The summed E-state index contributed by atoms with van der Waals surface area (Å²) in [6, 6.07) is 53.6. The van der Waals surface area contributed by atoms with Crippen molar-refractivity contribution >= 4 is 32.6 Å². The molecule has 9 rings (SSSR count). The minimum Gasteiger partial charge on any atom is -0.436 e. The zero-order valence-corrected chi connectivity index (χ0v) is 25.2. The molecule has 0 saturated heterocycles. The zero-order chi connectivity index (χ0) is 31.2. The Kier molecular flexibility index (Phi) is 6.39. The molecule has 2 heterocycles.